The fraction of sp³-hybridized carbons (Fsp3) is 0.600. The van der Waals surface area contributed by atoms with E-state index in [1.807, 2.05) is 4.98 Å². The molecule has 2 aliphatic rings. The molecule has 0 saturated carbocycles. The number of aliphatic hydroxyl groups is 5. The van der Waals surface area contributed by atoms with Crippen LogP contribution in [-0.2, 0) is 19.9 Å². The van der Waals surface area contributed by atoms with Gasteiger partial charge in [0.1, 0.15) is 36.6 Å². The average Bonchev–Trinajstić information content (AvgIpc) is 3.27. The molecule has 2 aromatic rings. The lowest BCUT2D eigenvalue weighted by molar-refractivity contribution is -0.137. The van der Waals surface area contributed by atoms with Crippen LogP contribution in [0.1, 0.15) is 13.2 Å². The van der Waals surface area contributed by atoms with Gasteiger partial charge in [-0.2, -0.15) is 0 Å². The van der Waals surface area contributed by atoms with Gasteiger partial charge in [0.05, 0.1) is 13.2 Å². The number of methoxy groups -OCH3 is 1. The summed E-state index contributed by atoms with van der Waals surface area (Å²) < 4.78 is 17.8. The van der Waals surface area contributed by atoms with Crippen LogP contribution < -0.4 is 22.5 Å². The Balaban J connectivity index is 0.000000201. The van der Waals surface area contributed by atoms with Crippen LogP contribution in [0.15, 0.2) is 43.7 Å². The van der Waals surface area contributed by atoms with Crippen LogP contribution in [0.5, 0.6) is 0 Å². The van der Waals surface area contributed by atoms with Crippen molar-refractivity contribution in [2.45, 2.75) is 55.5 Å². The van der Waals surface area contributed by atoms with Gasteiger partial charge in [-0.05, 0) is 6.92 Å². The molecule has 8 atom stereocenters. The van der Waals surface area contributed by atoms with Gasteiger partial charge in [0.2, 0.25) is 0 Å². The lowest BCUT2D eigenvalue weighted by Crippen LogP contribution is -2.49. The Morgan fingerprint density at radius 3 is 2.03 bits per heavy atom. The van der Waals surface area contributed by atoms with Crippen LogP contribution in [0.4, 0.5) is 0 Å². The molecule has 2 aliphatic heterocycles. The number of nitrogens with one attached hydrogen (secondary N) is 2. The molecule has 36 heavy (non-hydrogen) atoms. The topological polar surface area (TPSA) is 239 Å². The van der Waals surface area contributed by atoms with E-state index in [0.29, 0.717) is 0 Å². The van der Waals surface area contributed by atoms with Gasteiger partial charge in [-0.3, -0.25) is 28.7 Å². The number of aliphatic hydroxyl groups excluding tert-OH is 5. The van der Waals surface area contributed by atoms with Crippen molar-refractivity contribution in [3.63, 3.8) is 0 Å². The van der Waals surface area contributed by atoms with Crippen molar-refractivity contribution in [3.8, 4) is 0 Å². The van der Waals surface area contributed by atoms with Gasteiger partial charge >= 0.3 is 11.4 Å². The SMILES string of the molecule is CO[C@@H]1[C@H](O)[C@@H](CO)O[C@H]1n1ccc(=O)[nH]c1=O.C[C@@]1(n2ccc(=O)[nH]c2=O)O[C@H](CO)[C@@H](O)[C@H]1O. The van der Waals surface area contributed by atoms with Crippen molar-refractivity contribution < 1.29 is 39.7 Å². The van der Waals surface area contributed by atoms with Crippen molar-refractivity contribution >= 4 is 0 Å². The van der Waals surface area contributed by atoms with E-state index in [1.54, 1.807) is 0 Å². The van der Waals surface area contributed by atoms with Crippen LogP contribution in [0.2, 0.25) is 0 Å². The van der Waals surface area contributed by atoms with E-state index in [9.17, 15) is 34.5 Å². The Morgan fingerprint density at radius 1 is 0.944 bits per heavy atom. The zero-order chi connectivity index (χ0) is 26.8. The summed E-state index contributed by atoms with van der Waals surface area (Å²) in [4.78, 5) is 49.3. The maximum Gasteiger partial charge on any atom is 0.330 e. The molecule has 2 aromatic heterocycles. The number of hydrogen-bond acceptors (Lipinski definition) is 12. The first-order chi connectivity index (χ1) is 17.0. The second-order valence-electron chi connectivity index (χ2n) is 8.27. The first kappa shape index (κ1) is 27.6. The third-order valence-electron chi connectivity index (χ3n) is 6.02. The minimum atomic E-state index is -1.55. The average molecular weight is 516 g/mol. The molecule has 0 amide bonds. The second kappa shape index (κ2) is 11.0. The van der Waals surface area contributed by atoms with Crippen molar-refractivity contribution in [2.75, 3.05) is 20.3 Å². The zero-order valence-electron chi connectivity index (χ0n) is 19.3. The van der Waals surface area contributed by atoms with E-state index in [2.05, 4.69) is 4.98 Å². The molecule has 0 bridgehead atoms. The molecule has 2 saturated heterocycles. The summed E-state index contributed by atoms with van der Waals surface area (Å²) in [5.74, 6) is 0. The predicted octanol–water partition coefficient (Wildman–Crippen LogP) is -4.88. The molecular formula is C20H28N4O12. The Hall–Kier alpha value is -2.96. The quantitative estimate of drug-likeness (QED) is 0.198. The van der Waals surface area contributed by atoms with Gasteiger partial charge in [-0.25, -0.2) is 9.59 Å². The summed E-state index contributed by atoms with van der Waals surface area (Å²) in [7, 11) is 1.36. The van der Waals surface area contributed by atoms with E-state index in [4.69, 9.17) is 24.4 Å². The number of hydrogen-bond donors (Lipinski definition) is 7. The Morgan fingerprint density at radius 2 is 1.53 bits per heavy atom. The lowest BCUT2D eigenvalue weighted by Gasteiger charge is -2.29. The smallest absolute Gasteiger partial charge is 0.330 e. The van der Waals surface area contributed by atoms with Crippen LogP contribution >= 0.6 is 0 Å². The molecule has 0 radical (unpaired) electrons. The molecule has 7 N–H and O–H groups in total. The van der Waals surface area contributed by atoms with Crippen LogP contribution in [0.3, 0.4) is 0 Å². The maximum atomic E-state index is 11.7. The van der Waals surface area contributed by atoms with E-state index in [1.165, 1.54) is 20.2 Å². The summed E-state index contributed by atoms with van der Waals surface area (Å²) in [6.45, 7) is 0.498. The first-order valence-corrected chi connectivity index (χ1v) is 10.7. The lowest BCUT2D eigenvalue weighted by atomic mass is 10.0. The largest absolute Gasteiger partial charge is 0.394 e. The highest BCUT2D eigenvalue weighted by molar-refractivity contribution is 4.99. The Kier molecular flexibility index (Phi) is 8.42. The molecule has 16 heteroatoms. The van der Waals surface area contributed by atoms with Crippen LogP contribution in [0.25, 0.3) is 0 Å². The minimum absolute atomic E-state index is 0.393. The maximum absolute atomic E-state index is 11.7. The second-order valence-corrected chi connectivity index (χ2v) is 8.27. The number of aromatic nitrogens is 4. The predicted molar refractivity (Wildman–Crippen MR) is 118 cm³/mol. The highest BCUT2D eigenvalue weighted by Gasteiger charge is 2.52. The molecule has 0 spiro atoms. The van der Waals surface area contributed by atoms with Crippen molar-refractivity contribution in [2.24, 2.45) is 0 Å². The van der Waals surface area contributed by atoms with Gasteiger partial charge in [0.25, 0.3) is 11.1 Å². The molecule has 0 aromatic carbocycles. The van der Waals surface area contributed by atoms with Crippen LogP contribution in [-0.4, -0.2) is 102 Å². The van der Waals surface area contributed by atoms with Crippen molar-refractivity contribution in [1.82, 2.24) is 19.1 Å². The summed E-state index contributed by atoms with van der Waals surface area (Å²) in [5.41, 5.74) is -4.09. The van der Waals surface area contributed by atoms with Gasteiger partial charge in [-0.15, -0.1) is 0 Å². The molecule has 4 rings (SSSR count). The highest BCUT2D eigenvalue weighted by Crippen LogP contribution is 2.34. The molecule has 2 fully saturated rings. The van der Waals surface area contributed by atoms with Crippen molar-refractivity contribution in [1.29, 1.82) is 0 Å². The molecule has 16 nitrogen and oxygen atoms in total. The molecule has 0 unspecified atom stereocenters. The third-order valence-corrected chi connectivity index (χ3v) is 6.02. The van der Waals surface area contributed by atoms with Crippen molar-refractivity contribution in [3.05, 3.63) is 66.2 Å². The molecular weight excluding hydrogens is 488 g/mol. The Bertz CT molecular complexity index is 1270. The van der Waals surface area contributed by atoms with Gasteiger partial charge in [-0.1, -0.05) is 0 Å². The number of ether oxygens (including phenoxy) is 3. The van der Waals surface area contributed by atoms with E-state index in [-0.39, 0.29) is 0 Å². The number of aromatic amines is 2. The van der Waals surface area contributed by atoms with E-state index in [0.717, 1.165) is 27.5 Å². The normalized spacial score (nSPS) is 33.8. The van der Waals surface area contributed by atoms with Gasteiger partial charge in [0.15, 0.2) is 12.0 Å². The fourth-order valence-corrected chi connectivity index (χ4v) is 4.05. The zero-order valence-corrected chi connectivity index (χ0v) is 19.3. The monoisotopic (exact) mass is 516 g/mol. The Labute approximate surface area is 201 Å². The highest BCUT2D eigenvalue weighted by atomic mass is 16.6. The number of H-pyrrole nitrogens is 2. The number of rotatable bonds is 5. The van der Waals surface area contributed by atoms with Crippen LogP contribution in [0, 0.1) is 0 Å². The molecule has 200 valence electrons. The van der Waals surface area contributed by atoms with Gasteiger partial charge in [0, 0.05) is 31.6 Å². The fourth-order valence-electron chi connectivity index (χ4n) is 4.05. The molecule has 4 heterocycles. The van der Waals surface area contributed by atoms with E-state index < -0.39 is 84.3 Å². The first-order valence-electron chi connectivity index (χ1n) is 10.7. The summed E-state index contributed by atoms with van der Waals surface area (Å²) in [6.07, 6.45) is -4.89. The van der Waals surface area contributed by atoms with E-state index >= 15 is 0 Å². The van der Waals surface area contributed by atoms with Gasteiger partial charge < -0.3 is 39.7 Å². The third kappa shape index (κ3) is 5.11. The number of nitrogens with zero attached hydrogens (tertiary/aromatic N) is 2. The summed E-state index contributed by atoms with van der Waals surface area (Å²) in [6, 6.07) is 2.26. The molecule has 0 aliphatic carbocycles. The summed E-state index contributed by atoms with van der Waals surface area (Å²) >= 11 is 0. The minimum Gasteiger partial charge on any atom is -0.394 e. The standard InChI is InChI=1S/2C10H14N2O6/c1-10(8(16)7(15)5(4-13)18-10)12-3-2-6(14)11-9(12)17;1-17-8-7(15)5(4-13)18-9(8)12-3-2-6(14)11-10(12)16/h2-3,5,7-8,13,15-16H,4H2,1H3,(H,11,14,17);2-3,5,7-9,13,15H,4H2,1H3,(H,11,14,16)/t5-,7-,8-,10-;5-,7-,8-,9-/m11/s1. The summed E-state index contributed by atoms with van der Waals surface area (Å²) in [5, 5.41) is 47.5.